The average Bonchev–Trinajstić information content (AvgIpc) is 2.78. The molecule has 112 valence electrons. The molecule has 5 rings (SSSR count). The smallest absolute Gasteiger partial charge is 0.0681 e. The first kappa shape index (κ1) is 13.2. The SMILES string of the molecule is CC1(N)C=Cc2c(n3c4c(cccc24)Sc2ccccc2-3)C=C1. The van der Waals surface area contributed by atoms with E-state index in [0.29, 0.717) is 0 Å². The molecule has 2 heterocycles. The molecular weight excluding hydrogens is 300 g/mol. The molecule has 3 aromatic rings. The standard InChI is InChI=1S/C20H16N2S/c1-20(21)11-9-13-14-5-4-8-18-19(14)22(15(13)10-12-20)16-6-2-3-7-17(16)23-18/h2-12H,21H2,1H3. The Kier molecular flexibility index (Phi) is 2.53. The largest absolute Gasteiger partial charge is 0.319 e. The Morgan fingerprint density at radius 1 is 0.957 bits per heavy atom. The van der Waals surface area contributed by atoms with E-state index in [9.17, 15) is 0 Å². The number of aromatic nitrogens is 1. The van der Waals surface area contributed by atoms with Gasteiger partial charge in [-0.2, -0.15) is 0 Å². The lowest BCUT2D eigenvalue weighted by molar-refractivity contribution is 0.743. The number of nitrogens with zero attached hydrogens (tertiary/aromatic N) is 1. The number of hydrogen-bond donors (Lipinski definition) is 1. The van der Waals surface area contributed by atoms with E-state index >= 15 is 0 Å². The highest BCUT2D eigenvalue weighted by Crippen LogP contribution is 2.46. The first-order chi connectivity index (χ1) is 11.1. The zero-order valence-corrected chi connectivity index (χ0v) is 13.6. The Bertz CT molecular complexity index is 1020. The van der Waals surface area contributed by atoms with Crippen LogP contribution in [-0.2, 0) is 0 Å². The van der Waals surface area contributed by atoms with Crippen molar-refractivity contribution in [1.82, 2.24) is 4.57 Å². The third kappa shape index (κ3) is 1.81. The second kappa shape index (κ2) is 4.40. The summed E-state index contributed by atoms with van der Waals surface area (Å²) in [6.07, 6.45) is 8.52. The normalized spacial score (nSPS) is 21.1. The van der Waals surface area contributed by atoms with Gasteiger partial charge in [0.1, 0.15) is 0 Å². The molecule has 1 atom stereocenters. The molecule has 0 spiro atoms. The van der Waals surface area contributed by atoms with Crippen molar-refractivity contribution in [1.29, 1.82) is 0 Å². The zero-order chi connectivity index (χ0) is 15.6. The van der Waals surface area contributed by atoms with Gasteiger partial charge in [0.25, 0.3) is 0 Å². The van der Waals surface area contributed by atoms with Crippen molar-refractivity contribution in [2.75, 3.05) is 0 Å². The molecule has 1 aliphatic carbocycles. The van der Waals surface area contributed by atoms with Crippen molar-refractivity contribution in [3.05, 3.63) is 65.9 Å². The topological polar surface area (TPSA) is 30.9 Å². The summed E-state index contributed by atoms with van der Waals surface area (Å²) in [6, 6.07) is 15.2. The number of para-hydroxylation sites is 2. The minimum absolute atomic E-state index is 0.411. The van der Waals surface area contributed by atoms with Crippen LogP contribution in [0.4, 0.5) is 0 Å². The second-order valence-corrected chi connectivity index (χ2v) is 7.47. The van der Waals surface area contributed by atoms with Crippen LogP contribution in [0.3, 0.4) is 0 Å². The molecule has 0 saturated heterocycles. The van der Waals surface area contributed by atoms with Gasteiger partial charge < -0.3 is 10.3 Å². The van der Waals surface area contributed by atoms with E-state index in [-0.39, 0.29) is 0 Å². The molecule has 0 fully saturated rings. The number of benzene rings is 2. The summed E-state index contributed by atoms with van der Waals surface area (Å²) in [5.74, 6) is 0. The third-order valence-electron chi connectivity index (χ3n) is 4.57. The van der Waals surface area contributed by atoms with Gasteiger partial charge in [0, 0.05) is 20.7 Å². The molecule has 1 unspecified atom stereocenters. The predicted molar refractivity (Wildman–Crippen MR) is 98.1 cm³/mol. The molecule has 2 aromatic carbocycles. The number of nitrogens with two attached hydrogens (primary N) is 1. The highest BCUT2D eigenvalue weighted by Gasteiger charge is 2.25. The van der Waals surface area contributed by atoms with Crippen molar-refractivity contribution in [2.24, 2.45) is 5.73 Å². The van der Waals surface area contributed by atoms with Crippen molar-refractivity contribution >= 4 is 34.8 Å². The molecule has 0 saturated carbocycles. The van der Waals surface area contributed by atoms with Gasteiger partial charge in [-0.25, -0.2) is 0 Å². The molecule has 0 radical (unpaired) electrons. The maximum absolute atomic E-state index is 6.30. The summed E-state index contributed by atoms with van der Waals surface area (Å²) in [5.41, 5.74) is 10.9. The van der Waals surface area contributed by atoms with Gasteiger partial charge in [0.05, 0.1) is 22.4 Å². The highest BCUT2D eigenvalue weighted by molar-refractivity contribution is 7.99. The van der Waals surface area contributed by atoms with Crippen LogP contribution in [0.5, 0.6) is 0 Å². The van der Waals surface area contributed by atoms with E-state index in [0.717, 1.165) is 0 Å². The van der Waals surface area contributed by atoms with Crippen molar-refractivity contribution in [3.63, 3.8) is 0 Å². The molecule has 0 bridgehead atoms. The number of rotatable bonds is 0. The Labute approximate surface area is 139 Å². The molecule has 23 heavy (non-hydrogen) atoms. The molecule has 0 amide bonds. The fraction of sp³-hybridized carbons (Fsp3) is 0.100. The van der Waals surface area contributed by atoms with Crippen LogP contribution in [-0.4, -0.2) is 10.1 Å². The average molecular weight is 316 g/mol. The van der Waals surface area contributed by atoms with Crippen LogP contribution in [0, 0.1) is 0 Å². The lowest BCUT2D eigenvalue weighted by Crippen LogP contribution is -2.30. The molecule has 3 heteroatoms. The van der Waals surface area contributed by atoms with Crippen molar-refractivity contribution in [3.8, 4) is 5.69 Å². The molecule has 1 aliphatic heterocycles. The maximum atomic E-state index is 6.30. The fourth-order valence-corrected chi connectivity index (χ4v) is 4.54. The fourth-order valence-electron chi connectivity index (χ4n) is 3.44. The van der Waals surface area contributed by atoms with Crippen LogP contribution in [0.25, 0.3) is 28.7 Å². The van der Waals surface area contributed by atoms with Crippen LogP contribution in [0.1, 0.15) is 18.2 Å². The van der Waals surface area contributed by atoms with Gasteiger partial charge in [-0.3, -0.25) is 0 Å². The summed E-state index contributed by atoms with van der Waals surface area (Å²) in [4.78, 5) is 2.61. The van der Waals surface area contributed by atoms with E-state index in [2.05, 4.69) is 71.3 Å². The molecule has 2 aliphatic rings. The van der Waals surface area contributed by atoms with Crippen molar-refractivity contribution < 1.29 is 0 Å². The van der Waals surface area contributed by atoms with Gasteiger partial charge >= 0.3 is 0 Å². The molecule has 1 aromatic heterocycles. The Hall–Kier alpha value is -2.23. The maximum Gasteiger partial charge on any atom is 0.0681 e. The van der Waals surface area contributed by atoms with Crippen molar-refractivity contribution in [2.45, 2.75) is 22.3 Å². The van der Waals surface area contributed by atoms with Gasteiger partial charge in [-0.15, -0.1) is 0 Å². The number of hydrogen-bond acceptors (Lipinski definition) is 2. The second-order valence-electron chi connectivity index (χ2n) is 6.39. The van der Waals surface area contributed by atoms with Gasteiger partial charge in [0.2, 0.25) is 0 Å². The van der Waals surface area contributed by atoms with Crippen LogP contribution in [0.2, 0.25) is 0 Å². The minimum Gasteiger partial charge on any atom is -0.319 e. The summed E-state index contributed by atoms with van der Waals surface area (Å²) >= 11 is 1.85. The first-order valence-corrected chi connectivity index (χ1v) is 8.58. The molecule has 2 N–H and O–H groups in total. The van der Waals surface area contributed by atoms with Crippen LogP contribution >= 0.6 is 11.8 Å². The number of fused-ring (bicyclic) bond motifs is 5. The summed E-state index contributed by atoms with van der Waals surface area (Å²) < 4.78 is 2.38. The molecular formula is C20H16N2S. The van der Waals surface area contributed by atoms with E-state index in [1.807, 2.05) is 18.7 Å². The van der Waals surface area contributed by atoms with E-state index in [1.54, 1.807) is 0 Å². The lowest BCUT2D eigenvalue weighted by atomic mass is 10.0. The van der Waals surface area contributed by atoms with Gasteiger partial charge in [-0.05, 0) is 31.2 Å². The predicted octanol–water partition coefficient (Wildman–Crippen LogP) is 4.85. The van der Waals surface area contributed by atoms with Crippen LogP contribution in [0.15, 0.2) is 64.4 Å². The lowest BCUT2D eigenvalue weighted by Gasteiger charge is -2.20. The zero-order valence-electron chi connectivity index (χ0n) is 12.8. The van der Waals surface area contributed by atoms with E-state index in [4.69, 9.17) is 5.73 Å². The summed E-state index contributed by atoms with van der Waals surface area (Å²) in [6.45, 7) is 2.03. The highest BCUT2D eigenvalue weighted by atomic mass is 32.2. The summed E-state index contributed by atoms with van der Waals surface area (Å²) in [7, 11) is 0. The summed E-state index contributed by atoms with van der Waals surface area (Å²) in [5, 5.41) is 1.29. The minimum atomic E-state index is -0.411. The van der Waals surface area contributed by atoms with Crippen LogP contribution < -0.4 is 5.73 Å². The van der Waals surface area contributed by atoms with Gasteiger partial charge in [-0.1, -0.05) is 54.3 Å². The van der Waals surface area contributed by atoms with Gasteiger partial charge in [0.15, 0.2) is 0 Å². The molecule has 2 nitrogen and oxygen atoms in total. The quantitative estimate of drug-likeness (QED) is 0.502. The monoisotopic (exact) mass is 316 g/mol. The third-order valence-corrected chi connectivity index (χ3v) is 5.68. The van der Waals surface area contributed by atoms with E-state index in [1.165, 1.54) is 37.6 Å². The Morgan fingerprint density at radius 3 is 2.65 bits per heavy atom. The Balaban J connectivity index is 1.96. The first-order valence-electron chi connectivity index (χ1n) is 7.76. The van der Waals surface area contributed by atoms with E-state index < -0.39 is 5.54 Å². The Morgan fingerprint density at radius 2 is 1.74 bits per heavy atom.